The number of aliphatic hydroxyl groups excluding tert-OH is 1. The maximum absolute atomic E-state index is 14.6. The van der Waals surface area contributed by atoms with Gasteiger partial charge in [0.2, 0.25) is 0 Å². The van der Waals surface area contributed by atoms with Crippen molar-refractivity contribution in [3.05, 3.63) is 22.8 Å². The van der Waals surface area contributed by atoms with Gasteiger partial charge in [-0.1, -0.05) is 18.6 Å². The highest BCUT2D eigenvalue weighted by atomic mass is 35.5. The van der Waals surface area contributed by atoms with Crippen LogP contribution in [0, 0.1) is 11.8 Å². The molecule has 6 bridgehead atoms. The number of allylic oxidation sites excluding steroid dienone is 1. The highest BCUT2D eigenvalue weighted by Crippen LogP contribution is 2.48. The number of hydrogen-bond acceptors (Lipinski definition) is 15. The molecule has 17 heteroatoms. The normalized spacial score (nSPS) is 47.2. The lowest BCUT2D eigenvalue weighted by Crippen LogP contribution is -2.56. The molecule has 0 aromatic rings. The average molecular weight is 916 g/mol. The first-order valence-corrected chi connectivity index (χ1v) is 24.6. The van der Waals surface area contributed by atoms with Crippen LogP contribution in [-0.2, 0) is 48.8 Å². The molecule has 2 unspecified atom stereocenters. The Balaban J connectivity index is 1.35. The summed E-state index contributed by atoms with van der Waals surface area (Å²) in [5, 5.41) is 15.9. The number of carbonyl (C=O) groups is 2. The fourth-order valence-corrected chi connectivity index (χ4v) is 13.2. The Morgan fingerprint density at radius 2 is 1.61 bits per heavy atom. The lowest BCUT2D eigenvalue weighted by molar-refractivity contribution is -0.260. The number of aliphatic imine (C=N–C) groups is 1. The molecule has 17 atom stereocenters. The maximum Gasteiger partial charge on any atom is 0.332 e. The zero-order chi connectivity index (χ0) is 44.8. The first-order valence-electron chi connectivity index (χ1n) is 22.0. The molecule has 4 fully saturated rings. The van der Waals surface area contributed by atoms with Crippen LogP contribution in [-0.4, -0.2) is 160 Å². The second kappa shape index (κ2) is 19.6. The van der Waals surface area contributed by atoms with Crippen LogP contribution in [0.3, 0.4) is 0 Å². The summed E-state index contributed by atoms with van der Waals surface area (Å²) in [4.78, 5) is 36.8. The minimum absolute atomic E-state index is 0.0333. The van der Waals surface area contributed by atoms with E-state index in [4.69, 9.17) is 45.0 Å². The number of aliphatic hydroxyl groups is 1. The van der Waals surface area contributed by atoms with Gasteiger partial charge in [-0.2, -0.15) is 0 Å². The molecular formula is C44H71ClN4O10S2. The monoisotopic (exact) mass is 914 g/mol. The molecule has 0 aromatic carbocycles. The van der Waals surface area contributed by atoms with Gasteiger partial charge in [-0.3, -0.25) is 9.79 Å². The first kappa shape index (κ1) is 49.0. The number of ether oxygens (including phenoxy) is 6. The fourth-order valence-electron chi connectivity index (χ4n) is 10.1. The summed E-state index contributed by atoms with van der Waals surface area (Å²) in [5.41, 5.74) is -2.76. The maximum atomic E-state index is 14.6. The molecule has 0 spiro atoms. The number of ketones is 1. The Hall–Kier alpha value is -1.44. The number of carbonyl (C=O) groups excluding carboxylic acids is 2. The van der Waals surface area contributed by atoms with Crippen molar-refractivity contribution >= 4 is 51.0 Å². The van der Waals surface area contributed by atoms with E-state index in [-0.39, 0.29) is 53.7 Å². The number of nitrogens with one attached hydrogen (secondary N) is 1. The molecule has 0 aromatic heterocycles. The van der Waals surface area contributed by atoms with Gasteiger partial charge < -0.3 is 48.6 Å². The van der Waals surface area contributed by atoms with E-state index >= 15 is 0 Å². The number of rotatable bonds is 7. The fraction of sp³-hybridized carbons (Fsp3) is 0.841. The molecule has 3 saturated heterocycles. The number of fused-ring (bicyclic) bond motifs is 10. The number of methoxy groups -OCH3 is 1. The van der Waals surface area contributed by atoms with E-state index < -0.39 is 74.8 Å². The van der Waals surface area contributed by atoms with Crippen LogP contribution in [0.25, 0.3) is 0 Å². The van der Waals surface area contributed by atoms with Crippen LogP contribution < -0.4 is 5.32 Å². The molecule has 7 rings (SSSR count). The molecule has 0 radical (unpaired) electrons. The number of likely N-dealkylation sites (N-methyl/N-ethyl adjacent to an activating group) is 2. The van der Waals surface area contributed by atoms with Crippen LogP contribution >= 0.6 is 23.4 Å². The van der Waals surface area contributed by atoms with Crippen molar-refractivity contribution in [1.29, 1.82) is 0 Å². The van der Waals surface area contributed by atoms with E-state index in [2.05, 4.69) is 56.1 Å². The Morgan fingerprint density at radius 1 is 0.984 bits per heavy atom. The van der Waals surface area contributed by atoms with E-state index in [1.165, 1.54) is 24.9 Å². The SMILES string of the molecule is CO[C@H]1S(=O)/C2=C\C(=O)[C@](C)(O[C@H]3CC[C@H](N(C)C)[C@@H](C)O3)C(O)CCC/C(C)=C\[C@@H]3[C@@H](C)[C@](C)(Cl)[C@@H](C[C@H]3O[C@H]3CC[C@H](N(C)C)[C@@H](C)O3)OC(=O)[C@@H]3CSC(=N3)[C@]1(C)N2. The molecule has 2 N–H and O–H groups in total. The van der Waals surface area contributed by atoms with Gasteiger partial charge in [0.1, 0.15) is 27.5 Å². The van der Waals surface area contributed by atoms with Crippen molar-refractivity contribution in [2.75, 3.05) is 41.1 Å². The summed E-state index contributed by atoms with van der Waals surface area (Å²) in [7, 11) is 7.75. The number of hydrogen-bond donors (Lipinski definition) is 2. The minimum Gasteiger partial charge on any atom is -0.459 e. The van der Waals surface area contributed by atoms with Crippen LogP contribution in [0.2, 0.25) is 0 Å². The van der Waals surface area contributed by atoms with Crippen LogP contribution in [0.4, 0.5) is 0 Å². The van der Waals surface area contributed by atoms with Gasteiger partial charge in [-0.15, -0.1) is 23.4 Å². The third kappa shape index (κ3) is 10.2. The summed E-state index contributed by atoms with van der Waals surface area (Å²) < 4.78 is 52.4. The summed E-state index contributed by atoms with van der Waals surface area (Å²) in [6.07, 6.45) is 4.55. The molecule has 61 heavy (non-hydrogen) atoms. The third-order valence-corrected chi connectivity index (χ3v) is 17.8. The smallest absolute Gasteiger partial charge is 0.332 e. The van der Waals surface area contributed by atoms with Gasteiger partial charge in [0.25, 0.3) is 0 Å². The second-order valence-corrected chi connectivity index (χ2v) is 22.4. The Bertz CT molecular complexity index is 1730. The molecule has 14 nitrogen and oxygen atoms in total. The quantitative estimate of drug-likeness (QED) is 0.197. The lowest BCUT2D eigenvalue weighted by atomic mass is 9.69. The molecule has 1 aliphatic carbocycles. The van der Waals surface area contributed by atoms with Gasteiger partial charge in [-0.25, -0.2) is 9.00 Å². The van der Waals surface area contributed by atoms with Crippen molar-refractivity contribution in [3.8, 4) is 0 Å². The van der Waals surface area contributed by atoms with Crippen LogP contribution in [0.1, 0.15) is 99.8 Å². The molecule has 6 heterocycles. The number of nitrogens with zero attached hydrogens (tertiary/aromatic N) is 3. The molecule has 6 aliphatic heterocycles. The Labute approximate surface area is 375 Å². The minimum atomic E-state index is -1.85. The van der Waals surface area contributed by atoms with Crippen LogP contribution in [0.5, 0.6) is 0 Å². The molecule has 7 aliphatic rings. The van der Waals surface area contributed by atoms with Crippen molar-refractivity contribution in [1.82, 2.24) is 15.1 Å². The number of alkyl halides is 1. The van der Waals surface area contributed by atoms with E-state index in [0.29, 0.717) is 36.5 Å². The van der Waals surface area contributed by atoms with E-state index in [0.717, 1.165) is 24.8 Å². The lowest BCUT2D eigenvalue weighted by Gasteiger charge is -2.49. The topological polar surface area (TPSA) is 158 Å². The Kier molecular flexibility index (Phi) is 15.7. The van der Waals surface area contributed by atoms with Crippen molar-refractivity contribution in [3.63, 3.8) is 0 Å². The largest absolute Gasteiger partial charge is 0.459 e. The van der Waals surface area contributed by atoms with Gasteiger partial charge in [0.15, 0.2) is 35.4 Å². The highest BCUT2D eigenvalue weighted by molar-refractivity contribution is 8.14. The third-order valence-electron chi connectivity index (χ3n) is 14.2. The molecule has 1 saturated carbocycles. The molecule has 346 valence electrons. The molecular weight excluding hydrogens is 844 g/mol. The summed E-state index contributed by atoms with van der Waals surface area (Å²) in [5.74, 6) is -1.08. The van der Waals surface area contributed by atoms with Crippen molar-refractivity contribution in [2.45, 2.75) is 183 Å². The number of thioether (sulfide) groups is 1. The highest BCUT2D eigenvalue weighted by Gasteiger charge is 2.56. The van der Waals surface area contributed by atoms with Gasteiger partial charge >= 0.3 is 5.97 Å². The summed E-state index contributed by atoms with van der Waals surface area (Å²) in [6.45, 7) is 13.5. The van der Waals surface area contributed by atoms with E-state index in [9.17, 15) is 18.9 Å². The first-order chi connectivity index (χ1) is 28.6. The summed E-state index contributed by atoms with van der Waals surface area (Å²) in [6, 6.07) is -0.399. The average Bonchev–Trinajstić information content (AvgIpc) is 3.78. The predicted molar refractivity (Wildman–Crippen MR) is 239 cm³/mol. The van der Waals surface area contributed by atoms with Gasteiger partial charge in [0, 0.05) is 49.8 Å². The van der Waals surface area contributed by atoms with Crippen LogP contribution in [0.15, 0.2) is 27.7 Å². The second-order valence-electron chi connectivity index (χ2n) is 19.1. The van der Waals surface area contributed by atoms with Crippen molar-refractivity contribution < 1.29 is 47.3 Å². The number of esters is 1. The molecule has 0 amide bonds. The predicted octanol–water partition coefficient (Wildman–Crippen LogP) is 5.12. The Morgan fingerprint density at radius 3 is 2.21 bits per heavy atom. The zero-order valence-electron chi connectivity index (χ0n) is 38.2. The van der Waals surface area contributed by atoms with Gasteiger partial charge in [0.05, 0.1) is 34.3 Å². The number of halogens is 1. The van der Waals surface area contributed by atoms with E-state index in [1.54, 1.807) is 13.8 Å². The standard InChI is InChI=1S/C44H71ClN4O10S2/c1-24-14-13-15-33(50)44(7,59-38-19-17-31(49(10)11)27(4)56-38)34(51)22-36-47-43(6,41(54-12)61(36)53)40-46-29(23-60-40)39(52)58-35-21-32(28(20-24)25(2)42(35,5)45)57-37-18-16-30(48(8)9)26(3)55-37/h20,22,25-33,35,37-38,41,47,50H,13-19,21,23H2,1-12H3/b24-20-,36-22-/t25-,26-,27-,28-,29+,30+,31+,32-,33?,35-,37+,38+,41+,42+,43+,44-,61?/m1/s1. The van der Waals surface area contributed by atoms with Gasteiger partial charge in [-0.05, 0) is 114 Å². The van der Waals surface area contributed by atoms with Crippen molar-refractivity contribution in [2.24, 2.45) is 16.8 Å². The van der Waals surface area contributed by atoms with E-state index in [1.807, 2.05) is 27.9 Å². The zero-order valence-corrected chi connectivity index (χ0v) is 40.6. The summed E-state index contributed by atoms with van der Waals surface area (Å²) >= 11 is 8.81.